The van der Waals surface area contributed by atoms with Crippen LogP contribution in [0.5, 0.6) is 0 Å². The lowest BCUT2D eigenvalue weighted by Gasteiger charge is -2.17. The maximum atomic E-state index is 10.6. The van der Waals surface area contributed by atoms with Crippen molar-refractivity contribution in [2.24, 2.45) is 0 Å². The highest BCUT2D eigenvalue weighted by atomic mass is 16.4. The summed E-state index contributed by atoms with van der Waals surface area (Å²) in [6.45, 7) is 5.75. The topological polar surface area (TPSA) is 52.6 Å². The first kappa shape index (κ1) is 13.1. The van der Waals surface area contributed by atoms with Gasteiger partial charge in [-0.1, -0.05) is 12.6 Å². The first-order valence-corrected chi connectivity index (χ1v) is 5.34. The Morgan fingerprint density at radius 2 is 2.12 bits per heavy atom. The van der Waals surface area contributed by atoms with E-state index in [1.165, 1.54) is 5.56 Å². The van der Waals surface area contributed by atoms with E-state index in [2.05, 4.69) is 11.9 Å². The third-order valence-electron chi connectivity index (χ3n) is 2.50. The minimum atomic E-state index is -0.975. The van der Waals surface area contributed by atoms with Gasteiger partial charge < -0.3 is 15.3 Å². The van der Waals surface area contributed by atoms with Gasteiger partial charge in [0.15, 0.2) is 0 Å². The van der Waals surface area contributed by atoms with Crippen molar-refractivity contribution in [2.75, 3.05) is 30.9 Å². The summed E-state index contributed by atoms with van der Waals surface area (Å²) in [6.07, 6.45) is 0. The van der Waals surface area contributed by atoms with Gasteiger partial charge in [0.05, 0.1) is 0 Å². The number of nitrogens with zero attached hydrogens (tertiary/aromatic N) is 1. The van der Waals surface area contributed by atoms with E-state index in [-0.39, 0.29) is 12.1 Å². The Balaban J connectivity index is 2.76. The van der Waals surface area contributed by atoms with Crippen molar-refractivity contribution in [3.63, 3.8) is 0 Å². The Bertz CT molecular complexity index is 439. The molecule has 17 heavy (non-hydrogen) atoms. The minimum Gasteiger partial charge on any atom is -0.478 e. The van der Waals surface area contributed by atoms with Crippen LogP contribution in [0.15, 0.2) is 30.4 Å². The molecule has 0 amide bonds. The second kappa shape index (κ2) is 5.39. The molecule has 92 valence electrons. The van der Waals surface area contributed by atoms with Crippen LogP contribution in [0.1, 0.15) is 5.56 Å². The number of carboxylic acids is 1. The van der Waals surface area contributed by atoms with E-state index in [0.29, 0.717) is 0 Å². The third kappa shape index (κ3) is 3.52. The summed E-state index contributed by atoms with van der Waals surface area (Å²) < 4.78 is 0. The Morgan fingerprint density at radius 3 is 2.65 bits per heavy atom. The molecule has 0 aliphatic heterocycles. The molecule has 0 atom stereocenters. The molecule has 1 aromatic rings. The fourth-order valence-electron chi connectivity index (χ4n) is 1.49. The van der Waals surface area contributed by atoms with E-state index in [1.54, 1.807) is 0 Å². The van der Waals surface area contributed by atoms with E-state index < -0.39 is 5.97 Å². The molecule has 0 fully saturated rings. The molecule has 0 aromatic heterocycles. The number of benzene rings is 1. The Hall–Kier alpha value is -1.97. The highest BCUT2D eigenvalue weighted by molar-refractivity contribution is 5.86. The van der Waals surface area contributed by atoms with Crippen LogP contribution in [0.25, 0.3) is 0 Å². The van der Waals surface area contributed by atoms with Gasteiger partial charge in [0.1, 0.15) is 0 Å². The zero-order chi connectivity index (χ0) is 13.0. The van der Waals surface area contributed by atoms with Gasteiger partial charge in [-0.2, -0.15) is 0 Å². The predicted molar refractivity (Wildman–Crippen MR) is 70.8 cm³/mol. The van der Waals surface area contributed by atoms with Crippen molar-refractivity contribution in [2.45, 2.75) is 6.92 Å². The number of aliphatic carboxylic acids is 1. The van der Waals surface area contributed by atoms with E-state index in [4.69, 9.17) is 5.11 Å². The first-order valence-electron chi connectivity index (χ1n) is 5.34. The molecule has 0 heterocycles. The Morgan fingerprint density at radius 1 is 1.47 bits per heavy atom. The van der Waals surface area contributed by atoms with Crippen molar-refractivity contribution in [3.05, 3.63) is 35.9 Å². The minimum absolute atomic E-state index is 0.150. The van der Waals surface area contributed by atoms with Gasteiger partial charge in [-0.25, -0.2) is 4.79 Å². The number of rotatable bonds is 5. The first-order chi connectivity index (χ1) is 7.91. The molecule has 0 saturated carbocycles. The van der Waals surface area contributed by atoms with E-state index >= 15 is 0 Å². The Labute approximate surface area is 102 Å². The molecule has 4 nitrogen and oxygen atoms in total. The average Bonchev–Trinajstić information content (AvgIpc) is 2.26. The molecule has 0 radical (unpaired) electrons. The summed E-state index contributed by atoms with van der Waals surface area (Å²) in [7, 11) is 3.95. The second-order valence-corrected chi connectivity index (χ2v) is 4.16. The van der Waals surface area contributed by atoms with Gasteiger partial charge in [0.25, 0.3) is 0 Å². The van der Waals surface area contributed by atoms with E-state index in [1.807, 2.05) is 44.1 Å². The number of aryl methyl sites for hydroxylation is 1. The molecule has 1 aromatic carbocycles. The molecule has 0 spiro atoms. The summed E-state index contributed by atoms with van der Waals surface area (Å²) >= 11 is 0. The molecule has 0 bridgehead atoms. The summed E-state index contributed by atoms with van der Waals surface area (Å²) in [5.74, 6) is -0.975. The van der Waals surface area contributed by atoms with Crippen molar-refractivity contribution >= 4 is 17.3 Å². The Kier molecular flexibility index (Phi) is 4.15. The SMILES string of the molecule is C=C(CNc1ccc(C)c(N(C)C)c1)C(=O)O. The summed E-state index contributed by atoms with van der Waals surface area (Å²) in [6, 6.07) is 5.92. The molecule has 2 N–H and O–H groups in total. The summed E-state index contributed by atoms with van der Waals surface area (Å²) in [5.41, 5.74) is 3.33. The van der Waals surface area contributed by atoms with E-state index in [0.717, 1.165) is 11.4 Å². The average molecular weight is 234 g/mol. The van der Waals surface area contributed by atoms with Gasteiger partial charge in [0.2, 0.25) is 0 Å². The van der Waals surface area contributed by atoms with Crippen LogP contribution in [0.2, 0.25) is 0 Å². The van der Waals surface area contributed by atoms with Crippen LogP contribution < -0.4 is 10.2 Å². The molecule has 0 aliphatic carbocycles. The number of carboxylic acid groups (broad SMARTS) is 1. The fourth-order valence-corrected chi connectivity index (χ4v) is 1.49. The predicted octanol–water partition coefficient (Wildman–Crippen LogP) is 2.11. The number of hydrogen-bond acceptors (Lipinski definition) is 3. The smallest absolute Gasteiger partial charge is 0.332 e. The van der Waals surface area contributed by atoms with Crippen molar-refractivity contribution < 1.29 is 9.90 Å². The highest BCUT2D eigenvalue weighted by Crippen LogP contribution is 2.22. The fraction of sp³-hybridized carbons (Fsp3) is 0.308. The number of carbonyl (C=O) groups is 1. The normalized spacial score (nSPS) is 9.82. The van der Waals surface area contributed by atoms with Gasteiger partial charge in [-0.15, -0.1) is 0 Å². The van der Waals surface area contributed by atoms with Crippen LogP contribution in [0.4, 0.5) is 11.4 Å². The number of anilines is 2. The lowest BCUT2D eigenvalue weighted by atomic mass is 10.1. The highest BCUT2D eigenvalue weighted by Gasteiger charge is 2.05. The van der Waals surface area contributed by atoms with Gasteiger partial charge in [0, 0.05) is 37.6 Å². The summed E-state index contributed by atoms with van der Waals surface area (Å²) in [4.78, 5) is 12.6. The zero-order valence-electron chi connectivity index (χ0n) is 10.4. The lowest BCUT2D eigenvalue weighted by molar-refractivity contribution is -0.132. The second-order valence-electron chi connectivity index (χ2n) is 4.16. The van der Waals surface area contributed by atoms with E-state index in [9.17, 15) is 4.79 Å². The molecule has 0 aliphatic rings. The van der Waals surface area contributed by atoms with Crippen LogP contribution in [0.3, 0.4) is 0 Å². The largest absolute Gasteiger partial charge is 0.478 e. The van der Waals surface area contributed by atoms with Crippen LogP contribution >= 0.6 is 0 Å². The van der Waals surface area contributed by atoms with Crippen molar-refractivity contribution in [3.8, 4) is 0 Å². The van der Waals surface area contributed by atoms with Crippen LogP contribution in [0, 0.1) is 6.92 Å². The third-order valence-corrected chi connectivity index (χ3v) is 2.50. The molecule has 0 saturated heterocycles. The van der Waals surface area contributed by atoms with Gasteiger partial charge in [-0.3, -0.25) is 0 Å². The zero-order valence-corrected chi connectivity index (χ0v) is 10.4. The quantitative estimate of drug-likeness (QED) is 0.766. The van der Waals surface area contributed by atoms with Gasteiger partial charge >= 0.3 is 5.97 Å². The lowest BCUT2D eigenvalue weighted by Crippen LogP contribution is -2.13. The number of nitrogens with one attached hydrogen (secondary N) is 1. The molecule has 0 unspecified atom stereocenters. The standard InChI is InChI=1S/C13H18N2O2/c1-9-5-6-11(7-12(9)15(3)4)14-8-10(2)13(16)17/h5-7,14H,2,8H2,1,3-4H3,(H,16,17). The molecular weight excluding hydrogens is 216 g/mol. The summed E-state index contributed by atoms with van der Waals surface area (Å²) in [5, 5.41) is 11.7. The van der Waals surface area contributed by atoms with Crippen molar-refractivity contribution in [1.29, 1.82) is 0 Å². The van der Waals surface area contributed by atoms with Gasteiger partial charge in [-0.05, 0) is 24.6 Å². The maximum Gasteiger partial charge on any atom is 0.332 e. The molecule has 1 rings (SSSR count). The van der Waals surface area contributed by atoms with Crippen LogP contribution in [-0.2, 0) is 4.79 Å². The monoisotopic (exact) mass is 234 g/mol. The molecule has 4 heteroatoms. The molecular formula is C13H18N2O2. The maximum absolute atomic E-state index is 10.6. The van der Waals surface area contributed by atoms with Crippen LogP contribution in [-0.4, -0.2) is 31.7 Å². The number of hydrogen-bond donors (Lipinski definition) is 2. The van der Waals surface area contributed by atoms with Crippen molar-refractivity contribution in [1.82, 2.24) is 0 Å².